The maximum atomic E-state index is 12.2. The van der Waals surface area contributed by atoms with Crippen LogP contribution in [0.3, 0.4) is 0 Å². The van der Waals surface area contributed by atoms with Gasteiger partial charge in [-0.15, -0.1) is 13.2 Å². The van der Waals surface area contributed by atoms with Crippen molar-refractivity contribution in [3.05, 3.63) is 30.0 Å². The summed E-state index contributed by atoms with van der Waals surface area (Å²) in [6.07, 6.45) is -5.27. The fraction of sp³-hybridized carbons (Fsp3) is 0.308. The number of amides is 1. The minimum atomic E-state index is -4.76. The molecule has 0 bridgehead atoms. The number of rotatable bonds is 2. The molecule has 3 rings (SSSR count). The summed E-state index contributed by atoms with van der Waals surface area (Å²) in [5, 5.41) is 9.78. The van der Waals surface area contributed by atoms with Gasteiger partial charge in [0.05, 0.1) is 6.10 Å². The topological polar surface area (TPSA) is 65.6 Å². The maximum absolute atomic E-state index is 12.2. The summed E-state index contributed by atoms with van der Waals surface area (Å²) in [6.45, 7) is 0.521. The van der Waals surface area contributed by atoms with E-state index >= 15 is 0 Å². The standard InChI is InChI=1S/C13H11F3N2O3/c14-13(15,16)21-9-2-1-7-3-11(17-10(7)4-9)12(20)18-5-8(19)6-18/h1-4,8,17,19H,5-6H2. The van der Waals surface area contributed by atoms with E-state index in [0.29, 0.717) is 10.9 Å². The van der Waals surface area contributed by atoms with Crippen molar-refractivity contribution in [3.63, 3.8) is 0 Å². The number of aromatic amines is 1. The molecular weight excluding hydrogens is 289 g/mol. The summed E-state index contributed by atoms with van der Waals surface area (Å²) < 4.78 is 40.3. The summed E-state index contributed by atoms with van der Waals surface area (Å²) >= 11 is 0. The number of carbonyl (C=O) groups excluding carboxylic acids is 1. The van der Waals surface area contributed by atoms with Crippen molar-refractivity contribution in [2.75, 3.05) is 13.1 Å². The lowest BCUT2D eigenvalue weighted by Crippen LogP contribution is -2.53. The molecule has 0 atom stereocenters. The monoisotopic (exact) mass is 300 g/mol. The highest BCUT2D eigenvalue weighted by Crippen LogP contribution is 2.27. The molecule has 0 unspecified atom stereocenters. The summed E-state index contributed by atoms with van der Waals surface area (Å²) in [5.41, 5.74) is 0.641. The Hall–Kier alpha value is -2.22. The number of fused-ring (bicyclic) bond motifs is 1. The van der Waals surface area contributed by atoms with Gasteiger partial charge in [0, 0.05) is 30.1 Å². The number of alkyl halides is 3. The molecule has 1 aromatic carbocycles. The van der Waals surface area contributed by atoms with Crippen LogP contribution in [-0.2, 0) is 0 Å². The van der Waals surface area contributed by atoms with E-state index in [2.05, 4.69) is 9.72 Å². The Bertz CT molecular complexity index is 690. The van der Waals surface area contributed by atoms with Crippen LogP contribution in [-0.4, -0.2) is 46.5 Å². The first-order valence-corrected chi connectivity index (χ1v) is 6.18. The molecule has 0 spiro atoms. The average Bonchev–Trinajstić information content (AvgIpc) is 2.75. The van der Waals surface area contributed by atoms with Crippen molar-refractivity contribution in [2.45, 2.75) is 12.5 Å². The molecule has 1 amide bonds. The largest absolute Gasteiger partial charge is 0.573 e. The Labute approximate surface area is 116 Å². The van der Waals surface area contributed by atoms with Crippen LogP contribution in [0.25, 0.3) is 10.9 Å². The van der Waals surface area contributed by atoms with Crippen molar-refractivity contribution in [3.8, 4) is 5.75 Å². The first kappa shape index (κ1) is 13.7. The molecule has 1 aromatic heterocycles. The number of hydrogen-bond acceptors (Lipinski definition) is 3. The Morgan fingerprint density at radius 3 is 2.67 bits per heavy atom. The van der Waals surface area contributed by atoms with E-state index in [-0.39, 0.29) is 30.4 Å². The fourth-order valence-corrected chi connectivity index (χ4v) is 2.21. The van der Waals surface area contributed by atoms with E-state index in [1.165, 1.54) is 23.1 Å². The van der Waals surface area contributed by atoms with E-state index in [0.717, 1.165) is 0 Å². The van der Waals surface area contributed by atoms with Crippen LogP contribution in [0.15, 0.2) is 24.3 Å². The second-order valence-electron chi connectivity index (χ2n) is 4.84. The minimum absolute atomic E-state index is 0.261. The van der Waals surface area contributed by atoms with Crippen molar-refractivity contribution in [1.82, 2.24) is 9.88 Å². The van der Waals surface area contributed by atoms with E-state index in [1.54, 1.807) is 6.07 Å². The van der Waals surface area contributed by atoms with Crippen LogP contribution in [0.1, 0.15) is 10.5 Å². The SMILES string of the molecule is O=C(c1cc2ccc(OC(F)(F)F)cc2[nH]1)N1CC(O)C1. The third-order valence-corrected chi connectivity index (χ3v) is 3.21. The first-order valence-electron chi connectivity index (χ1n) is 6.18. The van der Waals surface area contributed by atoms with Gasteiger partial charge >= 0.3 is 6.36 Å². The van der Waals surface area contributed by atoms with Gasteiger partial charge in [0.1, 0.15) is 11.4 Å². The van der Waals surface area contributed by atoms with Crippen LogP contribution in [0, 0.1) is 0 Å². The average molecular weight is 300 g/mol. The number of aliphatic hydroxyl groups excluding tert-OH is 1. The van der Waals surface area contributed by atoms with Crippen molar-refractivity contribution in [2.24, 2.45) is 0 Å². The summed E-state index contributed by atoms with van der Waals surface area (Å²) in [5.74, 6) is -0.648. The summed E-state index contributed by atoms with van der Waals surface area (Å²) in [7, 11) is 0. The smallest absolute Gasteiger partial charge is 0.406 e. The van der Waals surface area contributed by atoms with Crippen LogP contribution < -0.4 is 4.74 Å². The number of hydrogen-bond donors (Lipinski definition) is 2. The third kappa shape index (κ3) is 2.80. The normalized spacial score (nSPS) is 16.1. The molecule has 1 saturated heterocycles. The predicted molar refractivity (Wildman–Crippen MR) is 66.9 cm³/mol. The van der Waals surface area contributed by atoms with E-state index < -0.39 is 12.5 Å². The Morgan fingerprint density at radius 2 is 2.05 bits per heavy atom. The van der Waals surface area contributed by atoms with Crippen molar-refractivity contribution in [1.29, 1.82) is 0 Å². The lowest BCUT2D eigenvalue weighted by molar-refractivity contribution is -0.274. The molecule has 2 heterocycles. The fourth-order valence-electron chi connectivity index (χ4n) is 2.21. The quantitative estimate of drug-likeness (QED) is 0.890. The number of β-amino-alcohol motifs (C(OH)–C–C–N with tert-alkyl or cyclic N) is 1. The van der Waals surface area contributed by atoms with Gasteiger partial charge in [0.25, 0.3) is 5.91 Å². The maximum Gasteiger partial charge on any atom is 0.573 e. The van der Waals surface area contributed by atoms with Crippen molar-refractivity contribution >= 4 is 16.8 Å². The molecule has 8 heteroatoms. The molecule has 1 fully saturated rings. The number of benzene rings is 1. The second-order valence-corrected chi connectivity index (χ2v) is 4.84. The van der Waals surface area contributed by atoms with E-state index in [4.69, 9.17) is 0 Å². The van der Waals surface area contributed by atoms with Crippen LogP contribution >= 0.6 is 0 Å². The van der Waals surface area contributed by atoms with Gasteiger partial charge in [-0.3, -0.25) is 4.79 Å². The summed E-state index contributed by atoms with van der Waals surface area (Å²) in [6, 6.07) is 5.37. The Morgan fingerprint density at radius 1 is 1.33 bits per heavy atom. The molecule has 112 valence electrons. The number of halogens is 3. The van der Waals surface area contributed by atoms with E-state index in [1.807, 2.05) is 0 Å². The number of nitrogens with zero attached hydrogens (tertiary/aromatic N) is 1. The summed E-state index contributed by atoms with van der Waals surface area (Å²) in [4.78, 5) is 16.2. The molecule has 5 nitrogen and oxygen atoms in total. The number of nitrogens with one attached hydrogen (secondary N) is 1. The molecule has 2 aromatic rings. The van der Waals surface area contributed by atoms with Crippen LogP contribution in [0.2, 0.25) is 0 Å². The molecular formula is C13H11F3N2O3. The van der Waals surface area contributed by atoms with Crippen LogP contribution in [0.5, 0.6) is 5.75 Å². The predicted octanol–water partition coefficient (Wildman–Crippen LogP) is 1.88. The molecule has 0 radical (unpaired) electrons. The molecule has 0 saturated carbocycles. The van der Waals surface area contributed by atoms with E-state index in [9.17, 15) is 23.1 Å². The second kappa shape index (κ2) is 4.66. The molecule has 0 aliphatic carbocycles. The van der Waals surface area contributed by atoms with Gasteiger partial charge in [0.15, 0.2) is 0 Å². The number of aromatic nitrogens is 1. The molecule has 2 N–H and O–H groups in total. The number of aliphatic hydroxyl groups is 1. The van der Waals surface area contributed by atoms with Gasteiger partial charge in [-0.25, -0.2) is 0 Å². The zero-order valence-electron chi connectivity index (χ0n) is 10.6. The van der Waals surface area contributed by atoms with Gasteiger partial charge < -0.3 is 19.7 Å². The zero-order chi connectivity index (χ0) is 15.2. The minimum Gasteiger partial charge on any atom is -0.406 e. The molecule has 1 aliphatic rings. The number of H-pyrrole nitrogens is 1. The lowest BCUT2D eigenvalue weighted by Gasteiger charge is -2.35. The van der Waals surface area contributed by atoms with Crippen LogP contribution in [0.4, 0.5) is 13.2 Å². The highest BCUT2D eigenvalue weighted by atomic mass is 19.4. The molecule has 1 aliphatic heterocycles. The lowest BCUT2D eigenvalue weighted by atomic mass is 10.1. The van der Waals surface area contributed by atoms with Gasteiger partial charge in [-0.05, 0) is 18.2 Å². The zero-order valence-corrected chi connectivity index (χ0v) is 10.6. The highest BCUT2D eigenvalue weighted by molar-refractivity contribution is 5.98. The highest BCUT2D eigenvalue weighted by Gasteiger charge is 2.32. The first-order chi connectivity index (χ1) is 9.82. The van der Waals surface area contributed by atoms with Gasteiger partial charge in [0.2, 0.25) is 0 Å². The van der Waals surface area contributed by atoms with Crippen molar-refractivity contribution < 1.29 is 27.8 Å². The number of ether oxygens (including phenoxy) is 1. The number of carbonyl (C=O) groups is 1. The van der Waals surface area contributed by atoms with Gasteiger partial charge in [-0.1, -0.05) is 0 Å². The third-order valence-electron chi connectivity index (χ3n) is 3.21. The Balaban J connectivity index is 1.84. The number of likely N-dealkylation sites (tertiary alicyclic amines) is 1. The Kier molecular flexibility index (Phi) is 3.05. The van der Waals surface area contributed by atoms with Gasteiger partial charge in [-0.2, -0.15) is 0 Å². The molecule has 21 heavy (non-hydrogen) atoms.